The Morgan fingerprint density at radius 2 is 1.95 bits per heavy atom. The number of halogens is 2. The molecular formula is C15H25FIN3O. The molecule has 0 radical (unpaired) electrons. The standard InChI is InChI=1S/C15H24FN3O.HI/c1-3-17-14(18-11-7-10-16)19-12-15(2,20)13-8-5-4-6-9-13;/h4-6,8-9,20H,3,7,10-12H2,1-2H3,(H2,17,18,19);1H. The van der Waals surface area contributed by atoms with Gasteiger partial charge in [-0.3, -0.25) is 4.39 Å². The Kier molecular flexibility index (Phi) is 10.3. The molecule has 0 heterocycles. The van der Waals surface area contributed by atoms with E-state index in [1.807, 2.05) is 37.3 Å². The van der Waals surface area contributed by atoms with Crippen LogP contribution in [0.3, 0.4) is 0 Å². The highest BCUT2D eigenvalue weighted by atomic mass is 127. The molecule has 1 unspecified atom stereocenters. The van der Waals surface area contributed by atoms with E-state index in [9.17, 15) is 9.50 Å². The van der Waals surface area contributed by atoms with Gasteiger partial charge in [0.05, 0.1) is 13.2 Å². The van der Waals surface area contributed by atoms with Gasteiger partial charge in [0.2, 0.25) is 0 Å². The van der Waals surface area contributed by atoms with Crippen molar-refractivity contribution >= 4 is 29.9 Å². The lowest BCUT2D eigenvalue weighted by Gasteiger charge is -2.22. The van der Waals surface area contributed by atoms with Gasteiger partial charge in [-0.05, 0) is 25.8 Å². The monoisotopic (exact) mass is 409 g/mol. The van der Waals surface area contributed by atoms with Crippen LogP contribution in [0.5, 0.6) is 0 Å². The van der Waals surface area contributed by atoms with Gasteiger partial charge in [-0.2, -0.15) is 0 Å². The fraction of sp³-hybridized carbons (Fsp3) is 0.533. The van der Waals surface area contributed by atoms with Crippen LogP contribution in [-0.4, -0.2) is 37.4 Å². The van der Waals surface area contributed by atoms with Crippen LogP contribution in [0.25, 0.3) is 0 Å². The number of alkyl halides is 1. The van der Waals surface area contributed by atoms with Crippen LogP contribution < -0.4 is 10.6 Å². The van der Waals surface area contributed by atoms with E-state index < -0.39 is 5.60 Å². The van der Waals surface area contributed by atoms with Crippen LogP contribution in [0.4, 0.5) is 4.39 Å². The normalized spacial score (nSPS) is 14.0. The number of hydrogen-bond acceptors (Lipinski definition) is 2. The number of guanidine groups is 1. The van der Waals surface area contributed by atoms with Crippen LogP contribution in [-0.2, 0) is 5.60 Å². The van der Waals surface area contributed by atoms with Gasteiger partial charge in [0.1, 0.15) is 5.60 Å². The van der Waals surface area contributed by atoms with Crippen LogP contribution in [0, 0.1) is 0 Å². The molecule has 1 aromatic carbocycles. The number of nitrogens with zero attached hydrogens (tertiary/aromatic N) is 1. The summed E-state index contributed by atoms with van der Waals surface area (Å²) in [5.74, 6) is 0.595. The van der Waals surface area contributed by atoms with E-state index in [2.05, 4.69) is 15.6 Å². The first-order valence-electron chi connectivity index (χ1n) is 6.96. The van der Waals surface area contributed by atoms with Crippen molar-refractivity contribution in [3.8, 4) is 0 Å². The first-order chi connectivity index (χ1) is 9.60. The van der Waals surface area contributed by atoms with Crippen molar-refractivity contribution in [2.45, 2.75) is 25.9 Å². The van der Waals surface area contributed by atoms with Gasteiger partial charge in [-0.25, -0.2) is 4.99 Å². The van der Waals surface area contributed by atoms with Crippen LogP contribution in [0.2, 0.25) is 0 Å². The van der Waals surface area contributed by atoms with E-state index in [0.717, 1.165) is 12.1 Å². The Bertz CT molecular complexity index is 413. The molecule has 120 valence electrons. The number of rotatable bonds is 7. The van der Waals surface area contributed by atoms with E-state index in [4.69, 9.17) is 0 Å². The molecule has 0 fully saturated rings. The Labute approximate surface area is 143 Å². The molecule has 0 saturated heterocycles. The minimum absolute atomic E-state index is 0. The predicted octanol–water partition coefficient (Wildman–Crippen LogP) is 2.43. The summed E-state index contributed by atoms with van der Waals surface area (Å²) in [5.41, 5.74) is -0.202. The fourth-order valence-corrected chi connectivity index (χ4v) is 1.74. The maximum Gasteiger partial charge on any atom is 0.191 e. The van der Waals surface area contributed by atoms with Crippen molar-refractivity contribution in [3.05, 3.63) is 35.9 Å². The molecule has 0 amide bonds. The van der Waals surface area contributed by atoms with Crippen molar-refractivity contribution in [3.63, 3.8) is 0 Å². The van der Waals surface area contributed by atoms with Gasteiger partial charge >= 0.3 is 0 Å². The maximum absolute atomic E-state index is 12.1. The highest BCUT2D eigenvalue weighted by molar-refractivity contribution is 14.0. The van der Waals surface area contributed by atoms with Crippen molar-refractivity contribution in [2.75, 3.05) is 26.3 Å². The molecule has 1 rings (SSSR count). The summed E-state index contributed by atoms with van der Waals surface area (Å²) < 4.78 is 12.1. The lowest BCUT2D eigenvalue weighted by molar-refractivity contribution is 0.0672. The third-order valence-electron chi connectivity index (χ3n) is 2.89. The average molecular weight is 409 g/mol. The molecule has 3 N–H and O–H groups in total. The molecule has 0 aliphatic rings. The molecule has 0 saturated carbocycles. The quantitative estimate of drug-likeness (QED) is 0.281. The molecule has 1 atom stereocenters. The second-order valence-electron chi connectivity index (χ2n) is 4.80. The molecule has 0 aromatic heterocycles. The summed E-state index contributed by atoms with van der Waals surface area (Å²) in [6.45, 7) is 4.82. The Hall–Kier alpha value is -0.890. The van der Waals surface area contributed by atoms with Gasteiger partial charge < -0.3 is 15.7 Å². The lowest BCUT2D eigenvalue weighted by atomic mass is 9.96. The van der Waals surface area contributed by atoms with Crippen molar-refractivity contribution in [2.24, 2.45) is 4.99 Å². The molecule has 0 aliphatic heterocycles. The Balaban J connectivity index is 0.00000400. The fourth-order valence-electron chi connectivity index (χ4n) is 1.74. The Morgan fingerprint density at radius 1 is 1.29 bits per heavy atom. The SMILES string of the molecule is CCNC(=NCC(C)(O)c1ccccc1)NCCCF.I. The molecular weight excluding hydrogens is 384 g/mol. The van der Waals surface area contributed by atoms with E-state index in [1.54, 1.807) is 6.92 Å². The van der Waals surface area contributed by atoms with E-state index in [0.29, 0.717) is 18.9 Å². The largest absolute Gasteiger partial charge is 0.384 e. The zero-order valence-electron chi connectivity index (χ0n) is 12.6. The summed E-state index contributed by atoms with van der Waals surface area (Å²) in [6, 6.07) is 9.43. The van der Waals surface area contributed by atoms with Crippen LogP contribution in [0.15, 0.2) is 35.3 Å². The topological polar surface area (TPSA) is 56.7 Å². The van der Waals surface area contributed by atoms with Crippen molar-refractivity contribution in [1.82, 2.24) is 10.6 Å². The van der Waals surface area contributed by atoms with Gasteiger partial charge in [-0.15, -0.1) is 24.0 Å². The van der Waals surface area contributed by atoms with E-state index in [-0.39, 0.29) is 37.2 Å². The summed E-state index contributed by atoms with van der Waals surface area (Å²) in [5, 5.41) is 16.6. The minimum Gasteiger partial charge on any atom is -0.384 e. The predicted molar refractivity (Wildman–Crippen MR) is 96.0 cm³/mol. The van der Waals surface area contributed by atoms with Crippen molar-refractivity contribution < 1.29 is 9.50 Å². The smallest absolute Gasteiger partial charge is 0.191 e. The first kappa shape index (κ1) is 20.1. The zero-order chi connectivity index (χ0) is 14.8. The summed E-state index contributed by atoms with van der Waals surface area (Å²) in [7, 11) is 0. The summed E-state index contributed by atoms with van der Waals surface area (Å²) >= 11 is 0. The maximum atomic E-state index is 12.1. The molecule has 0 spiro atoms. The van der Waals surface area contributed by atoms with Crippen LogP contribution >= 0.6 is 24.0 Å². The van der Waals surface area contributed by atoms with Gasteiger partial charge in [-0.1, -0.05) is 30.3 Å². The second-order valence-corrected chi connectivity index (χ2v) is 4.80. The third kappa shape index (κ3) is 7.61. The number of benzene rings is 1. The molecule has 0 bridgehead atoms. The Morgan fingerprint density at radius 3 is 2.52 bits per heavy atom. The summed E-state index contributed by atoms with van der Waals surface area (Å²) in [6.07, 6.45) is 0.444. The first-order valence-corrected chi connectivity index (χ1v) is 6.96. The van der Waals surface area contributed by atoms with E-state index in [1.165, 1.54) is 0 Å². The van der Waals surface area contributed by atoms with Gasteiger partial charge in [0, 0.05) is 13.1 Å². The highest BCUT2D eigenvalue weighted by Crippen LogP contribution is 2.20. The number of aliphatic hydroxyl groups is 1. The van der Waals surface area contributed by atoms with E-state index >= 15 is 0 Å². The average Bonchev–Trinajstić information content (AvgIpc) is 2.46. The number of hydrogen-bond donors (Lipinski definition) is 3. The van der Waals surface area contributed by atoms with Gasteiger partial charge in [0.15, 0.2) is 5.96 Å². The van der Waals surface area contributed by atoms with Gasteiger partial charge in [0.25, 0.3) is 0 Å². The number of aliphatic imine (C=N–C) groups is 1. The second kappa shape index (κ2) is 10.8. The zero-order valence-corrected chi connectivity index (χ0v) is 14.9. The molecule has 4 nitrogen and oxygen atoms in total. The molecule has 21 heavy (non-hydrogen) atoms. The third-order valence-corrected chi connectivity index (χ3v) is 2.89. The molecule has 6 heteroatoms. The number of nitrogens with one attached hydrogen (secondary N) is 2. The van der Waals surface area contributed by atoms with Crippen LogP contribution in [0.1, 0.15) is 25.8 Å². The molecule has 1 aromatic rings. The molecule has 0 aliphatic carbocycles. The lowest BCUT2D eigenvalue weighted by Crippen LogP contribution is -2.39. The summed E-state index contributed by atoms with van der Waals surface area (Å²) in [4.78, 5) is 4.36. The minimum atomic E-state index is -1.02. The van der Waals surface area contributed by atoms with Crippen molar-refractivity contribution in [1.29, 1.82) is 0 Å². The highest BCUT2D eigenvalue weighted by Gasteiger charge is 2.22.